The molecule has 2 saturated heterocycles. The number of fused-ring (bicyclic) bond motifs is 1. The average molecular weight is 413 g/mol. The molecule has 8 heteroatoms. The summed E-state index contributed by atoms with van der Waals surface area (Å²) < 4.78 is 24.2. The van der Waals surface area contributed by atoms with Gasteiger partial charge in [-0.3, -0.25) is 9.69 Å². The van der Waals surface area contributed by atoms with Crippen molar-refractivity contribution in [1.29, 1.82) is 0 Å². The van der Waals surface area contributed by atoms with Crippen molar-refractivity contribution >= 4 is 27.5 Å². The molecule has 0 aliphatic carbocycles. The summed E-state index contributed by atoms with van der Waals surface area (Å²) in [5.74, 6) is -0.515. The summed E-state index contributed by atoms with van der Waals surface area (Å²) in [5.41, 5.74) is 7.55. The standard InChI is InChI=1S/C21H23N3O4S/c1-29(27,28)18-8-3-2-6-16(18)14-9-11-15(12-10-14)24-19(20(22)25)17-7-4-5-13-23(17)21(24)26/h2-3,6,8-12,17,19H,4-5,7,13H2,1H3,(H2,22,25)/t17-,19?/m1/s1. The maximum atomic E-state index is 13.0. The minimum atomic E-state index is -3.38. The van der Waals surface area contributed by atoms with E-state index in [1.54, 1.807) is 53.4 Å². The van der Waals surface area contributed by atoms with Gasteiger partial charge in [0.1, 0.15) is 6.04 Å². The largest absolute Gasteiger partial charge is 0.368 e. The van der Waals surface area contributed by atoms with Crippen LogP contribution in [0, 0.1) is 0 Å². The molecular weight excluding hydrogens is 390 g/mol. The SMILES string of the molecule is CS(=O)(=O)c1ccccc1-c1ccc(N2C(=O)N3CCCC[C@@H]3C2C(N)=O)cc1. The summed E-state index contributed by atoms with van der Waals surface area (Å²) in [6, 6.07) is 12.7. The molecule has 3 amide bonds. The van der Waals surface area contributed by atoms with Crippen LogP contribution in [0.2, 0.25) is 0 Å². The molecule has 152 valence electrons. The molecule has 4 rings (SSSR count). The van der Waals surface area contributed by atoms with Crippen molar-refractivity contribution in [1.82, 2.24) is 4.90 Å². The maximum Gasteiger partial charge on any atom is 0.325 e. The Balaban J connectivity index is 1.71. The molecule has 2 aromatic carbocycles. The molecule has 0 aromatic heterocycles. The smallest absolute Gasteiger partial charge is 0.325 e. The van der Waals surface area contributed by atoms with E-state index in [2.05, 4.69) is 0 Å². The predicted molar refractivity (Wildman–Crippen MR) is 110 cm³/mol. The number of hydrogen-bond donors (Lipinski definition) is 1. The highest BCUT2D eigenvalue weighted by Crippen LogP contribution is 2.36. The first-order chi connectivity index (χ1) is 13.8. The Labute approximate surface area is 170 Å². The summed E-state index contributed by atoms with van der Waals surface area (Å²) in [6.07, 6.45) is 3.82. The lowest BCUT2D eigenvalue weighted by Gasteiger charge is -2.29. The van der Waals surface area contributed by atoms with E-state index in [0.717, 1.165) is 24.8 Å². The summed E-state index contributed by atoms with van der Waals surface area (Å²) >= 11 is 0. The van der Waals surface area contributed by atoms with Crippen LogP contribution in [-0.4, -0.2) is 50.1 Å². The van der Waals surface area contributed by atoms with Gasteiger partial charge in [-0.25, -0.2) is 13.2 Å². The number of amides is 3. The Morgan fingerprint density at radius 2 is 1.76 bits per heavy atom. The minimum absolute atomic E-state index is 0.195. The normalized spacial score (nSPS) is 21.9. The molecule has 0 bridgehead atoms. The van der Waals surface area contributed by atoms with Crippen LogP contribution in [0.25, 0.3) is 11.1 Å². The number of anilines is 1. The van der Waals surface area contributed by atoms with Gasteiger partial charge in [0, 0.05) is 24.1 Å². The van der Waals surface area contributed by atoms with E-state index in [4.69, 9.17) is 5.73 Å². The van der Waals surface area contributed by atoms with E-state index in [0.29, 0.717) is 17.8 Å². The molecule has 2 aliphatic rings. The second-order valence-corrected chi connectivity index (χ2v) is 9.56. The lowest BCUT2D eigenvalue weighted by Crippen LogP contribution is -2.48. The van der Waals surface area contributed by atoms with Crippen LogP contribution in [0.4, 0.5) is 10.5 Å². The minimum Gasteiger partial charge on any atom is -0.368 e. The van der Waals surface area contributed by atoms with Crippen molar-refractivity contribution in [2.75, 3.05) is 17.7 Å². The van der Waals surface area contributed by atoms with Gasteiger partial charge in [-0.1, -0.05) is 30.3 Å². The lowest BCUT2D eigenvalue weighted by molar-refractivity contribution is -0.119. The van der Waals surface area contributed by atoms with Crippen molar-refractivity contribution in [2.24, 2.45) is 5.73 Å². The van der Waals surface area contributed by atoms with Crippen LogP contribution in [-0.2, 0) is 14.6 Å². The third kappa shape index (κ3) is 3.37. The highest BCUT2D eigenvalue weighted by atomic mass is 32.2. The van der Waals surface area contributed by atoms with Gasteiger partial charge in [0.05, 0.1) is 10.9 Å². The number of primary amides is 1. The van der Waals surface area contributed by atoms with E-state index in [-0.39, 0.29) is 17.0 Å². The van der Waals surface area contributed by atoms with Gasteiger partial charge in [-0.2, -0.15) is 0 Å². The number of urea groups is 1. The number of carbonyl (C=O) groups is 2. The molecule has 0 radical (unpaired) electrons. The fourth-order valence-corrected chi connectivity index (χ4v) is 5.28. The van der Waals surface area contributed by atoms with E-state index < -0.39 is 21.8 Å². The Morgan fingerprint density at radius 3 is 2.41 bits per heavy atom. The second-order valence-electron chi connectivity index (χ2n) is 7.57. The van der Waals surface area contributed by atoms with Crippen LogP contribution in [0.5, 0.6) is 0 Å². The van der Waals surface area contributed by atoms with Gasteiger partial charge in [0.2, 0.25) is 5.91 Å². The first-order valence-electron chi connectivity index (χ1n) is 9.58. The summed E-state index contributed by atoms with van der Waals surface area (Å²) in [6.45, 7) is 0.629. The van der Waals surface area contributed by atoms with Crippen molar-refractivity contribution in [3.8, 4) is 11.1 Å². The van der Waals surface area contributed by atoms with Crippen molar-refractivity contribution in [2.45, 2.75) is 36.2 Å². The quantitative estimate of drug-likeness (QED) is 0.832. The van der Waals surface area contributed by atoms with E-state index in [1.165, 1.54) is 11.2 Å². The second kappa shape index (κ2) is 7.18. The number of carbonyl (C=O) groups excluding carboxylic acids is 2. The van der Waals surface area contributed by atoms with Crippen molar-refractivity contribution in [3.05, 3.63) is 48.5 Å². The highest BCUT2D eigenvalue weighted by Gasteiger charge is 2.49. The molecule has 2 atom stereocenters. The summed E-state index contributed by atoms with van der Waals surface area (Å²) in [5, 5.41) is 0. The zero-order chi connectivity index (χ0) is 20.8. The van der Waals surface area contributed by atoms with Gasteiger partial charge < -0.3 is 10.6 Å². The van der Waals surface area contributed by atoms with Gasteiger partial charge in [-0.05, 0) is 43.0 Å². The van der Waals surface area contributed by atoms with Gasteiger partial charge in [0.25, 0.3) is 0 Å². The molecule has 2 aromatic rings. The number of sulfone groups is 1. The lowest BCUT2D eigenvalue weighted by atomic mass is 9.97. The molecule has 0 spiro atoms. The monoisotopic (exact) mass is 413 g/mol. The van der Waals surface area contributed by atoms with E-state index in [1.807, 2.05) is 0 Å². The fourth-order valence-electron chi connectivity index (χ4n) is 4.37. The molecule has 2 N–H and O–H groups in total. The van der Waals surface area contributed by atoms with E-state index in [9.17, 15) is 18.0 Å². The molecule has 7 nitrogen and oxygen atoms in total. The zero-order valence-electron chi connectivity index (χ0n) is 16.1. The van der Waals surface area contributed by atoms with Crippen LogP contribution >= 0.6 is 0 Å². The molecule has 2 aliphatic heterocycles. The third-order valence-electron chi connectivity index (χ3n) is 5.68. The number of benzene rings is 2. The molecule has 2 heterocycles. The summed E-state index contributed by atoms with van der Waals surface area (Å²) in [4.78, 5) is 28.6. The maximum absolute atomic E-state index is 13.0. The van der Waals surface area contributed by atoms with Crippen LogP contribution < -0.4 is 10.6 Å². The van der Waals surface area contributed by atoms with E-state index >= 15 is 0 Å². The molecule has 2 fully saturated rings. The fraction of sp³-hybridized carbons (Fsp3) is 0.333. The van der Waals surface area contributed by atoms with Crippen LogP contribution in [0.1, 0.15) is 19.3 Å². The molecule has 1 unspecified atom stereocenters. The van der Waals surface area contributed by atoms with Crippen molar-refractivity contribution < 1.29 is 18.0 Å². The number of nitrogens with zero attached hydrogens (tertiary/aromatic N) is 2. The van der Waals surface area contributed by atoms with Gasteiger partial charge in [-0.15, -0.1) is 0 Å². The highest BCUT2D eigenvalue weighted by molar-refractivity contribution is 7.90. The topological polar surface area (TPSA) is 101 Å². The number of hydrogen-bond acceptors (Lipinski definition) is 4. The zero-order valence-corrected chi connectivity index (χ0v) is 16.9. The average Bonchev–Trinajstić information content (AvgIpc) is 3.00. The Kier molecular flexibility index (Phi) is 4.82. The van der Waals surface area contributed by atoms with Crippen molar-refractivity contribution in [3.63, 3.8) is 0 Å². The first kappa shape index (κ1) is 19.4. The first-order valence-corrected chi connectivity index (χ1v) is 11.5. The Bertz CT molecular complexity index is 1070. The molecule has 29 heavy (non-hydrogen) atoms. The Morgan fingerprint density at radius 1 is 1.07 bits per heavy atom. The third-order valence-corrected chi connectivity index (χ3v) is 6.83. The van der Waals surface area contributed by atoms with Gasteiger partial charge >= 0.3 is 6.03 Å². The van der Waals surface area contributed by atoms with Crippen LogP contribution in [0.15, 0.2) is 53.4 Å². The van der Waals surface area contributed by atoms with Crippen LogP contribution in [0.3, 0.4) is 0 Å². The number of piperidine rings is 1. The number of rotatable bonds is 4. The number of nitrogens with two attached hydrogens (primary N) is 1. The molecule has 0 saturated carbocycles. The summed E-state index contributed by atoms with van der Waals surface area (Å²) in [7, 11) is -3.38. The van der Waals surface area contributed by atoms with Gasteiger partial charge in [0.15, 0.2) is 9.84 Å². The molecular formula is C21H23N3O4S. The predicted octanol–water partition coefficient (Wildman–Crippen LogP) is 2.41. The Hall–Kier alpha value is -2.87.